The Hall–Kier alpha value is -1.20. The van der Waals surface area contributed by atoms with Gasteiger partial charge in [0.2, 0.25) is 0 Å². The second-order valence-electron chi connectivity index (χ2n) is 4.94. The Kier molecular flexibility index (Phi) is 4.14. The summed E-state index contributed by atoms with van der Waals surface area (Å²) >= 11 is 5.08. The first-order valence-corrected chi connectivity index (χ1v) is 6.66. The van der Waals surface area contributed by atoms with Gasteiger partial charge >= 0.3 is 0 Å². The van der Waals surface area contributed by atoms with Crippen LogP contribution < -0.4 is 10.6 Å². The molecule has 18 heavy (non-hydrogen) atoms. The first kappa shape index (κ1) is 13.2. The van der Waals surface area contributed by atoms with Crippen LogP contribution >= 0.6 is 12.2 Å². The summed E-state index contributed by atoms with van der Waals surface area (Å²) in [5.41, 5.74) is 7.56. The van der Waals surface area contributed by atoms with Gasteiger partial charge in [-0.15, -0.1) is 0 Å². The second kappa shape index (κ2) is 5.63. The monoisotopic (exact) mass is 264 g/mol. The zero-order chi connectivity index (χ0) is 13.1. The maximum absolute atomic E-state index is 5.75. The molecule has 2 heterocycles. The van der Waals surface area contributed by atoms with Crippen LogP contribution in [0.25, 0.3) is 0 Å². The number of hydrogen-bond donors (Lipinski definition) is 1. The Labute approximate surface area is 114 Å². The maximum atomic E-state index is 5.75. The largest absolute Gasteiger partial charge is 0.388 e. The molecule has 4 nitrogen and oxygen atoms in total. The number of aromatic nitrogens is 1. The molecule has 0 amide bonds. The van der Waals surface area contributed by atoms with E-state index >= 15 is 0 Å². The third-order valence-corrected chi connectivity index (χ3v) is 3.68. The minimum atomic E-state index is 0.373. The molecule has 1 aromatic rings. The quantitative estimate of drug-likeness (QED) is 0.832. The molecule has 0 spiro atoms. The predicted octanol–water partition coefficient (Wildman–Crippen LogP) is 1.25. The molecular formula is C13H20N4S. The smallest absolute Gasteiger partial charge is 0.124 e. The number of pyridine rings is 1. The Morgan fingerprint density at radius 3 is 3.00 bits per heavy atom. The summed E-state index contributed by atoms with van der Waals surface area (Å²) in [6, 6.07) is 4.58. The highest BCUT2D eigenvalue weighted by Gasteiger charge is 2.23. The average Bonchev–Trinajstić information content (AvgIpc) is 2.39. The van der Waals surface area contributed by atoms with Crippen molar-refractivity contribution in [3.63, 3.8) is 0 Å². The Balaban J connectivity index is 2.23. The van der Waals surface area contributed by atoms with E-state index in [-0.39, 0.29) is 0 Å². The molecule has 0 aliphatic carbocycles. The van der Waals surface area contributed by atoms with Crippen molar-refractivity contribution < 1.29 is 0 Å². The third-order valence-electron chi connectivity index (χ3n) is 3.49. The van der Waals surface area contributed by atoms with Crippen molar-refractivity contribution in [1.82, 2.24) is 9.88 Å². The summed E-state index contributed by atoms with van der Waals surface area (Å²) in [4.78, 5) is 9.30. The zero-order valence-corrected chi connectivity index (χ0v) is 11.8. The van der Waals surface area contributed by atoms with E-state index in [0.717, 1.165) is 24.5 Å². The minimum absolute atomic E-state index is 0.373. The van der Waals surface area contributed by atoms with Crippen LogP contribution in [0.5, 0.6) is 0 Å². The first-order valence-electron chi connectivity index (χ1n) is 6.26. The van der Waals surface area contributed by atoms with Gasteiger partial charge in [-0.2, -0.15) is 0 Å². The van der Waals surface area contributed by atoms with E-state index in [2.05, 4.69) is 34.9 Å². The van der Waals surface area contributed by atoms with Crippen LogP contribution in [0.2, 0.25) is 0 Å². The second-order valence-corrected chi connectivity index (χ2v) is 5.38. The summed E-state index contributed by atoms with van der Waals surface area (Å²) in [5, 5.41) is 0. The molecule has 98 valence electrons. The highest BCUT2D eigenvalue weighted by molar-refractivity contribution is 7.80. The topological polar surface area (TPSA) is 45.4 Å². The van der Waals surface area contributed by atoms with Crippen molar-refractivity contribution in [2.24, 2.45) is 5.73 Å². The van der Waals surface area contributed by atoms with Gasteiger partial charge in [0.15, 0.2) is 0 Å². The van der Waals surface area contributed by atoms with Gasteiger partial charge in [-0.3, -0.25) is 4.98 Å². The van der Waals surface area contributed by atoms with E-state index in [4.69, 9.17) is 18.0 Å². The third kappa shape index (κ3) is 2.79. The number of nitrogens with zero attached hydrogens (tertiary/aromatic N) is 3. The molecule has 0 radical (unpaired) electrons. The van der Waals surface area contributed by atoms with Gasteiger partial charge in [-0.05, 0) is 39.1 Å². The molecule has 1 saturated heterocycles. The zero-order valence-electron chi connectivity index (χ0n) is 11.0. The first-order chi connectivity index (χ1) is 8.59. The Morgan fingerprint density at radius 1 is 1.56 bits per heavy atom. The summed E-state index contributed by atoms with van der Waals surface area (Å²) in [7, 11) is 4.26. The fourth-order valence-corrected chi connectivity index (χ4v) is 2.59. The Bertz CT molecular complexity index is 433. The summed E-state index contributed by atoms with van der Waals surface area (Å²) in [6.45, 7) is 2.06. The molecule has 2 rings (SSSR count). The molecule has 0 aromatic carbocycles. The van der Waals surface area contributed by atoms with Crippen molar-refractivity contribution in [2.45, 2.75) is 18.9 Å². The lowest BCUT2D eigenvalue weighted by Gasteiger charge is -2.37. The standard InChI is InChI=1S/C13H20N4S/c1-16(2)10-5-4-8-17(9-10)11-6-3-7-15-12(11)13(14)18/h3,6-7,10H,4-5,8-9H2,1-2H3,(H2,14,18). The van der Waals surface area contributed by atoms with Crippen LogP contribution in [-0.4, -0.2) is 48.1 Å². The van der Waals surface area contributed by atoms with E-state index in [1.165, 1.54) is 12.8 Å². The van der Waals surface area contributed by atoms with Gasteiger partial charge in [0.1, 0.15) is 10.7 Å². The van der Waals surface area contributed by atoms with E-state index in [1.807, 2.05) is 6.07 Å². The number of hydrogen-bond acceptors (Lipinski definition) is 4. The molecule has 1 atom stereocenters. The van der Waals surface area contributed by atoms with Gasteiger partial charge in [0.25, 0.3) is 0 Å². The van der Waals surface area contributed by atoms with Gasteiger partial charge in [0.05, 0.1) is 5.69 Å². The maximum Gasteiger partial charge on any atom is 0.124 e. The fraction of sp³-hybridized carbons (Fsp3) is 0.538. The van der Waals surface area contributed by atoms with Gasteiger partial charge in [0, 0.05) is 25.3 Å². The molecule has 1 fully saturated rings. The SMILES string of the molecule is CN(C)C1CCCN(c2cccnc2C(N)=S)C1. The molecule has 0 bridgehead atoms. The molecule has 1 aromatic heterocycles. The van der Waals surface area contributed by atoms with Crippen molar-refractivity contribution in [3.8, 4) is 0 Å². The van der Waals surface area contributed by atoms with Crippen LogP contribution in [0.4, 0.5) is 5.69 Å². The number of likely N-dealkylation sites (N-methyl/N-ethyl adjacent to an activating group) is 1. The normalized spacial score (nSPS) is 20.2. The van der Waals surface area contributed by atoms with E-state index in [0.29, 0.717) is 11.0 Å². The lowest BCUT2D eigenvalue weighted by Crippen LogP contribution is -2.45. The lowest BCUT2D eigenvalue weighted by atomic mass is 10.0. The van der Waals surface area contributed by atoms with Crippen molar-refractivity contribution in [3.05, 3.63) is 24.0 Å². The van der Waals surface area contributed by atoms with Crippen LogP contribution in [0.1, 0.15) is 18.5 Å². The highest BCUT2D eigenvalue weighted by atomic mass is 32.1. The molecule has 0 saturated carbocycles. The van der Waals surface area contributed by atoms with Crippen LogP contribution in [0, 0.1) is 0 Å². The van der Waals surface area contributed by atoms with Crippen LogP contribution in [0.15, 0.2) is 18.3 Å². The van der Waals surface area contributed by atoms with Crippen LogP contribution in [0.3, 0.4) is 0 Å². The molecule has 1 aliphatic rings. The fourth-order valence-electron chi connectivity index (χ4n) is 2.44. The van der Waals surface area contributed by atoms with Crippen molar-refractivity contribution in [2.75, 3.05) is 32.1 Å². The van der Waals surface area contributed by atoms with Gasteiger partial charge in [-0.1, -0.05) is 12.2 Å². The van der Waals surface area contributed by atoms with E-state index in [9.17, 15) is 0 Å². The van der Waals surface area contributed by atoms with Crippen molar-refractivity contribution >= 4 is 22.9 Å². The summed E-state index contributed by atoms with van der Waals surface area (Å²) in [5.74, 6) is 0. The number of thiocarbonyl (C=S) groups is 1. The van der Waals surface area contributed by atoms with E-state index < -0.39 is 0 Å². The van der Waals surface area contributed by atoms with E-state index in [1.54, 1.807) is 6.20 Å². The summed E-state index contributed by atoms with van der Waals surface area (Å²) < 4.78 is 0. The summed E-state index contributed by atoms with van der Waals surface area (Å²) in [6.07, 6.45) is 4.17. The number of piperidine rings is 1. The number of rotatable bonds is 3. The van der Waals surface area contributed by atoms with Gasteiger partial charge in [-0.25, -0.2) is 0 Å². The molecule has 5 heteroatoms. The predicted molar refractivity (Wildman–Crippen MR) is 79.0 cm³/mol. The number of anilines is 1. The highest BCUT2D eigenvalue weighted by Crippen LogP contribution is 2.23. The van der Waals surface area contributed by atoms with Crippen molar-refractivity contribution in [1.29, 1.82) is 0 Å². The molecule has 2 N–H and O–H groups in total. The average molecular weight is 264 g/mol. The van der Waals surface area contributed by atoms with Crippen LogP contribution in [-0.2, 0) is 0 Å². The minimum Gasteiger partial charge on any atom is -0.388 e. The number of nitrogens with two attached hydrogens (primary N) is 1. The molecular weight excluding hydrogens is 244 g/mol. The van der Waals surface area contributed by atoms with Gasteiger partial charge < -0.3 is 15.5 Å². The lowest BCUT2D eigenvalue weighted by molar-refractivity contribution is 0.258. The molecule has 1 unspecified atom stereocenters. The Morgan fingerprint density at radius 2 is 2.33 bits per heavy atom. The molecule has 1 aliphatic heterocycles.